The third kappa shape index (κ3) is 3.73. The van der Waals surface area contributed by atoms with Gasteiger partial charge in [-0.15, -0.1) is 0 Å². The molecule has 5 heteroatoms. The quantitative estimate of drug-likeness (QED) is 0.764. The predicted molar refractivity (Wildman–Crippen MR) is 65.2 cm³/mol. The van der Waals surface area contributed by atoms with Crippen LogP contribution >= 0.6 is 0 Å². The fourth-order valence-corrected chi connectivity index (χ4v) is 1.73. The van der Waals surface area contributed by atoms with E-state index in [-0.39, 0.29) is 6.04 Å². The molecule has 0 aliphatic rings. The Morgan fingerprint density at radius 3 is 2.17 bits per heavy atom. The number of likely N-dealkylation sites (N-methyl/N-ethyl adjacent to an activating group) is 1. The first-order valence-corrected chi connectivity index (χ1v) is 5.99. The molecule has 0 aromatic heterocycles. The van der Waals surface area contributed by atoms with Crippen LogP contribution in [-0.4, -0.2) is 26.6 Å². The van der Waals surface area contributed by atoms with Crippen LogP contribution in [0.1, 0.15) is 25.5 Å². The summed E-state index contributed by atoms with van der Waals surface area (Å²) < 4.78 is 37.0. The summed E-state index contributed by atoms with van der Waals surface area (Å²) in [5.74, 6) is -1.74. The van der Waals surface area contributed by atoms with Gasteiger partial charge in [0.05, 0.1) is 6.04 Å². The van der Waals surface area contributed by atoms with Gasteiger partial charge in [0.15, 0.2) is 17.9 Å². The van der Waals surface area contributed by atoms with Crippen LogP contribution in [0.5, 0.6) is 0 Å². The lowest BCUT2D eigenvalue weighted by Gasteiger charge is -2.26. The Hall–Kier alpha value is -1.04. The van der Waals surface area contributed by atoms with Crippen molar-refractivity contribution in [3.05, 3.63) is 35.4 Å². The summed E-state index contributed by atoms with van der Waals surface area (Å²) in [7, 11) is 1.72. The first kappa shape index (κ1) is 15.0. The summed E-state index contributed by atoms with van der Waals surface area (Å²) in [4.78, 5) is 0. The standard InChI is InChI=1S/C13H19F2NO2/c1-4-17-13(18-5-2)12(16-3)9-6-7-10(14)11(15)8-9/h6-8,12-13,16H,4-5H2,1-3H3. The molecule has 1 aromatic carbocycles. The minimum Gasteiger partial charge on any atom is -0.351 e. The van der Waals surface area contributed by atoms with Crippen LogP contribution in [0.2, 0.25) is 0 Å². The minimum absolute atomic E-state index is 0.347. The van der Waals surface area contributed by atoms with Crippen molar-refractivity contribution in [2.75, 3.05) is 20.3 Å². The normalized spacial score (nSPS) is 13.0. The van der Waals surface area contributed by atoms with Crippen molar-refractivity contribution in [3.63, 3.8) is 0 Å². The molecule has 0 fully saturated rings. The number of ether oxygens (including phenoxy) is 2. The van der Waals surface area contributed by atoms with Crippen molar-refractivity contribution in [3.8, 4) is 0 Å². The molecule has 0 saturated heterocycles. The highest BCUT2D eigenvalue weighted by molar-refractivity contribution is 5.21. The zero-order chi connectivity index (χ0) is 13.5. The zero-order valence-electron chi connectivity index (χ0n) is 10.9. The molecule has 1 N–H and O–H groups in total. The summed E-state index contributed by atoms with van der Waals surface area (Å²) in [6.45, 7) is 4.66. The highest BCUT2D eigenvalue weighted by atomic mass is 19.2. The Kier molecular flexibility index (Phi) is 6.18. The fourth-order valence-electron chi connectivity index (χ4n) is 1.73. The second-order valence-electron chi connectivity index (χ2n) is 3.72. The number of hydrogen-bond acceptors (Lipinski definition) is 3. The maximum atomic E-state index is 13.2. The maximum Gasteiger partial charge on any atom is 0.176 e. The third-order valence-electron chi connectivity index (χ3n) is 2.55. The average Bonchev–Trinajstić information content (AvgIpc) is 2.35. The molecular formula is C13H19F2NO2. The second-order valence-corrected chi connectivity index (χ2v) is 3.72. The molecule has 0 aliphatic carbocycles. The molecule has 0 radical (unpaired) electrons. The zero-order valence-corrected chi connectivity index (χ0v) is 10.9. The first-order valence-electron chi connectivity index (χ1n) is 5.99. The molecular weight excluding hydrogens is 240 g/mol. The molecule has 0 aliphatic heterocycles. The van der Waals surface area contributed by atoms with Gasteiger partial charge in [-0.05, 0) is 38.6 Å². The van der Waals surface area contributed by atoms with E-state index >= 15 is 0 Å². The van der Waals surface area contributed by atoms with Crippen molar-refractivity contribution in [2.24, 2.45) is 0 Å². The van der Waals surface area contributed by atoms with E-state index in [4.69, 9.17) is 9.47 Å². The average molecular weight is 259 g/mol. The van der Waals surface area contributed by atoms with E-state index in [1.54, 1.807) is 7.05 Å². The largest absolute Gasteiger partial charge is 0.351 e. The van der Waals surface area contributed by atoms with Crippen molar-refractivity contribution in [1.82, 2.24) is 5.32 Å². The van der Waals surface area contributed by atoms with E-state index in [1.807, 2.05) is 13.8 Å². The molecule has 0 spiro atoms. The van der Waals surface area contributed by atoms with E-state index in [2.05, 4.69) is 5.32 Å². The van der Waals surface area contributed by atoms with Gasteiger partial charge in [0.25, 0.3) is 0 Å². The van der Waals surface area contributed by atoms with Gasteiger partial charge >= 0.3 is 0 Å². The first-order chi connectivity index (χ1) is 8.63. The van der Waals surface area contributed by atoms with Crippen LogP contribution in [0.4, 0.5) is 8.78 Å². The monoisotopic (exact) mass is 259 g/mol. The molecule has 0 amide bonds. The van der Waals surface area contributed by atoms with Gasteiger partial charge in [-0.25, -0.2) is 8.78 Å². The molecule has 18 heavy (non-hydrogen) atoms. The lowest BCUT2D eigenvalue weighted by atomic mass is 10.1. The van der Waals surface area contributed by atoms with Gasteiger partial charge in [-0.1, -0.05) is 6.07 Å². The maximum absolute atomic E-state index is 13.2. The molecule has 1 unspecified atom stereocenters. The van der Waals surface area contributed by atoms with E-state index in [0.717, 1.165) is 12.1 Å². The highest BCUT2D eigenvalue weighted by Crippen LogP contribution is 2.22. The van der Waals surface area contributed by atoms with Crippen LogP contribution in [-0.2, 0) is 9.47 Å². The van der Waals surface area contributed by atoms with Gasteiger partial charge in [0.2, 0.25) is 0 Å². The van der Waals surface area contributed by atoms with E-state index in [1.165, 1.54) is 6.07 Å². The summed E-state index contributed by atoms with van der Waals surface area (Å²) in [5, 5.41) is 3.00. The fraction of sp³-hybridized carbons (Fsp3) is 0.538. The molecule has 1 rings (SSSR count). The topological polar surface area (TPSA) is 30.5 Å². The molecule has 1 aromatic rings. The summed E-state index contributed by atoms with van der Waals surface area (Å²) in [6.07, 6.45) is -0.533. The predicted octanol–water partition coefficient (Wildman–Crippen LogP) is 2.62. The van der Waals surface area contributed by atoms with Crippen LogP contribution in [0.25, 0.3) is 0 Å². The van der Waals surface area contributed by atoms with E-state index in [9.17, 15) is 8.78 Å². The van der Waals surface area contributed by atoms with Gasteiger partial charge in [0.1, 0.15) is 0 Å². The Morgan fingerprint density at radius 1 is 1.11 bits per heavy atom. The molecule has 3 nitrogen and oxygen atoms in total. The number of hydrogen-bond donors (Lipinski definition) is 1. The summed E-state index contributed by atoms with van der Waals surface area (Å²) >= 11 is 0. The SMILES string of the molecule is CCOC(OCC)C(NC)c1ccc(F)c(F)c1. The molecule has 1 atom stereocenters. The Morgan fingerprint density at radius 2 is 1.72 bits per heavy atom. The highest BCUT2D eigenvalue weighted by Gasteiger charge is 2.23. The Bertz CT molecular complexity index is 368. The number of halogens is 2. The van der Waals surface area contributed by atoms with Crippen LogP contribution in [0.3, 0.4) is 0 Å². The molecule has 0 saturated carbocycles. The number of nitrogens with one attached hydrogen (secondary N) is 1. The lowest BCUT2D eigenvalue weighted by molar-refractivity contribution is -0.154. The molecule has 0 bridgehead atoms. The minimum atomic E-state index is -0.875. The molecule has 0 heterocycles. The van der Waals surface area contributed by atoms with E-state index in [0.29, 0.717) is 18.8 Å². The second kappa shape index (κ2) is 7.41. The smallest absolute Gasteiger partial charge is 0.176 e. The summed E-state index contributed by atoms with van der Waals surface area (Å²) in [5.41, 5.74) is 0.586. The van der Waals surface area contributed by atoms with Crippen molar-refractivity contribution < 1.29 is 18.3 Å². The van der Waals surface area contributed by atoms with Gasteiger partial charge in [0, 0.05) is 13.2 Å². The van der Waals surface area contributed by atoms with Crippen LogP contribution < -0.4 is 5.32 Å². The van der Waals surface area contributed by atoms with Crippen molar-refractivity contribution in [1.29, 1.82) is 0 Å². The lowest BCUT2D eigenvalue weighted by Crippen LogP contribution is -2.34. The molecule has 102 valence electrons. The van der Waals surface area contributed by atoms with Crippen molar-refractivity contribution in [2.45, 2.75) is 26.2 Å². The number of rotatable bonds is 7. The van der Waals surface area contributed by atoms with Crippen LogP contribution in [0, 0.1) is 11.6 Å². The Balaban J connectivity index is 2.94. The number of benzene rings is 1. The Labute approximate surface area is 106 Å². The van der Waals surface area contributed by atoms with Crippen LogP contribution in [0.15, 0.2) is 18.2 Å². The van der Waals surface area contributed by atoms with Gasteiger partial charge < -0.3 is 14.8 Å². The van der Waals surface area contributed by atoms with Gasteiger partial charge in [-0.3, -0.25) is 0 Å². The van der Waals surface area contributed by atoms with E-state index < -0.39 is 17.9 Å². The third-order valence-corrected chi connectivity index (χ3v) is 2.55. The van der Waals surface area contributed by atoms with Crippen molar-refractivity contribution >= 4 is 0 Å². The van der Waals surface area contributed by atoms with Gasteiger partial charge in [-0.2, -0.15) is 0 Å². The summed E-state index contributed by atoms with van der Waals surface area (Å²) in [6, 6.07) is 3.43.